The van der Waals surface area contributed by atoms with Gasteiger partial charge in [-0.2, -0.15) is 0 Å². The van der Waals surface area contributed by atoms with Crippen LogP contribution in [0.5, 0.6) is 0 Å². The summed E-state index contributed by atoms with van der Waals surface area (Å²) in [6.07, 6.45) is 1.88. The first-order chi connectivity index (χ1) is 9.53. The standard InChI is InChI=1S/C15H19NO4/c1-5-11-8-6-7-10(2)14(11)16-12(15(18)20-4)9-13(17)19-3/h6-9,16H,5H2,1-4H3/b12-9+. The van der Waals surface area contributed by atoms with E-state index in [4.69, 9.17) is 0 Å². The normalized spacial score (nSPS) is 10.9. The van der Waals surface area contributed by atoms with Crippen LogP contribution < -0.4 is 5.32 Å². The smallest absolute Gasteiger partial charge is 0.354 e. The number of methoxy groups -OCH3 is 2. The predicted molar refractivity (Wildman–Crippen MR) is 76.3 cm³/mol. The molecule has 0 saturated carbocycles. The molecule has 20 heavy (non-hydrogen) atoms. The van der Waals surface area contributed by atoms with E-state index in [2.05, 4.69) is 14.8 Å². The maximum absolute atomic E-state index is 11.7. The van der Waals surface area contributed by atoms with E-state index in [9.17, 15) is 9.59 Å². The molecule has 0 heterocycles. The molecule has 1 rings (SSSR count). The molecule has 0 bridgehead atoms. The molecule has 5 heteroatoms. The van der Waals surface area contributed by atoms with Gasteiger partial charge in [-0.1, -0.05) is 25.1 Å². The van der Waals surface area contributed by atoms with Gasteiger partial charge in [-0.05, 0) is 24.5 Å². The number of esters is 2. The SMILES string of the molecule is CCc1cccc(C)c1N/C(=C/C(=O)OC)C(=O)OC. The van der Waals surface area contributed by atoms with Gasteiger partial charge in [0.2, 0.25) is 0 Å². The van der Waals surface area contributed by atoms with Crippen molar-refractivity contribution in [2.75, 3.05) is 19.5 Å². The summed E-state index contributed by atoms with van der Waals surface area (Å²) >= 11 is 0. The van der Waals surface area contributed by atoms with Gasteiger partial charge in [-0.15, -0.1) is 0 Å². The molecule has 0 saturated heterocycles. The largest absolute Gasteiger partial charge is 0.466 e. The van der Waals surface area contributed by atoms with Crippen LogP contribution in [0.1, 0.15) is 18.1 Å². The number of aryl methyl sites for hydroxylation is 2. The molecule has 0 spiro atoms. The van der Waals surface area contributed by atoms with Crippen molar-refractivity contribution in [3.63, 3.8) is 0 Å². The van der Waals surface area contributed by atoms with Crippen molar-refractivity contribution in [1.82, 2.24) is 0 Å². The van der Waals surface area contributed by atoms with Gasteiger partial charge < -0.3 is 14.8 Å². The molecule has 108 valence electrons. The van der Waals surface area contributed by atoms with Crippen molar-refractivity contribution in [2.24, 2.45) is 0 Å². The molecule has 0 radical (unpaired) electrons. The molecule has 0 aliphatic rings. The van der Waals surface area contributed by atoms with Crippen LogP contribution in [0, 0.1) is 6.92 Å². The van der Waals surface area contributed by atoms with E-state index in [1.807, 2.05) is 32.0 Å². The second-order valence-electron chi connectivity index (χ2n) is 4.16. The van der Waals surface area contributed by atoms with Gasteiger partial charge in [0, 0.05) is 5.69 Å². The quantitative estimate of drug-likeness (QED) is 0.660. The van der Waals surface area contributed by atoms with Gasteiger partial charge in [0.05, 0.1) is 20.3 Å². The van der Waals surface area contributed by atoms with Crippen LogP contribution in [0.15, 0.2) is 30.0 Å². The number of carbonyl (C=O) groups excluding carboxylic acids is 2. The Balaban J connectivity index is 3.17. The first-order valence-corrected chi connectivity index (χ1v) is 6.27. The Labute approximate surface area is 118 Å². The summed E-state index contributed by atoms with van der Waals surface area (Å²) in [7, 11) is 2.51. The Morgan fingerprint density at radius 1 is 1.25 bits per heavy atom. The Bertz CT molecular complexity index is 535. The highest BCUT2D eigenvalue weighted by Gasteiger charge is 2.15. The van der Waals surface area contributed by atoms with E-state index in [1.165, 1.54) is 14.2 Å². The van der Waals surface area contributed by atoms with Crippen molar-refractivity contribution in [3.05, 3.63) is 41.1 Å². The van der Waals surface area contributed by atoms with Crippen LogP contribution in [0.2, 0.25) is 0 Å². The number of rotatable bonds is 5. The molecule has 0 aliphatic heterocycles. The van der Waals surface area contributed by atoms with Crippen LogP contribution in [0.4, 0.5) is 5.69 Å². The summed E-state index contributed by atoms with van der Waals surface area (Å²) in [5.41, 5.74) is 2.87. The summed E-state index contributed by atoms with van der Waals surface area (Å²) < 4.78 is 9.20. The van der Waals surface area contributed by atoms with Crippen LogP contribution >= 0.6 is 0 Å². The predicted octanol–water partition coefficient (Wildman–Crippen LogP) is 2.20. The van der Waals surface area contributed by atoms with Gasteiger partial charge in [-0.25, -0.2) is 9.59 Å². The second kappa shape index (κ2) is 7.33. The first-order valence-electron chi connectivity index (χ1n) is 6.27. The highest BCUT2D eigenvalue weighted by Crippen LogP contribution is 2.23. The molecule has 0 unspecified atom stereocenters. The third kappa shape index (κ3) is 3.85. The minimum Gasteiger partial charge on any atom is -0.466 e. The first kappa shape index (κ1) is 15.8. The van der Waals surface area contributed by atoms with Crippen molar-refractivity contribution in [1.29, 1.82) is 0 Å². The van der Waals surface area contributed by atoms with Crippen LogP contribution in [0.3, 0.4) is 0 Å². The fraction of sp³-hybridized carbons (Fsp3) is 0.333. The second-order valence-corrected chi connectivity index (χ2v) is 4.16. The summed E-state index contributed by atoms with van der Waals surface area (Å²) in [6.45, 7) is 3.94. The zero-order valence-corrected chi connectivity index (χ0v) is 12.1. The van der Waals surface area contributed by atoms with Gasteiger partial charge in [-0.3, -0.25) is 0 Å². The van der Waals surface area contributed by atoms with E-state index in [-0.39, 0.29) is 5.70 Å². The Morgan fingerprint density at radius 3 is 2.50 bits per heavy atom. The van der Waals surface area contributed by atoms with Crippen molar-refractivity contribution < 1.29 is 19.1 Å². The van der Waals surface area contributed by atoms with E-state index >= 15 is 0 Å². The van der Waals surface area contributed by atoms with E-state index in [0.29, 0.717) is 0 Å². The maximum atomic E-state index is 11.7. The Hall–Kier alpha value is -2.30. The molecule has 5 nitrogen and oxygen atoms in total. The number of ether oxygens (including phenoxy) is 2. The monoisotopic (exact) mass is 277 g/mol. The zero-order chi connectivity index (χ0) is 15.1. The summed E-state index contributed by atoms with van der Waals surface area (Å²) in [5, 5.41) is 2.97. The van der Waals surface area contributed by atoms with Crippen LogP contribution in [0.25, 0.3) is 0 Å². The molecular weight excluding hydrogens is 258 g/mol. The minimum atomic E-state index is -0.624. The summed E-state index contributed by atoms with van der Waals surface area (Å²) in [5.74, 6) is -1.25. The number of nitrogens with one attached hydrogen (secondary N) is 1. The van der Waals surface area contributed by atoms with Gasteiger partial charge >= 0.3 is 11.9 Å². The number of anilines is 1. The lowest BCUT2D eigenvalue weighted by Crippen LogP contribution is -2.16. The molecule has 0 atom stereocenters. The third-order valence-corrected chi connectivity index (χ3v) is 2.87. The lowest BCUT2D eigenvalue weighted by molar-refractivity contribution is -0.138. The Kier molecular flexibility index (Phi) is 5.77. The lowest BCUT2D eigenvalue weighted by atomic mass is 10.1. The molecule has 1 aromatic carbocycles. The molecule has 0 aliphatic carbocycles. The fourth-order valence-electron chi connectivity index (χ4n) is 1.77. The topological polar surface area (TPSA) is 64.6 Å². The zero-order valence-electron chi connectivity index (χ0n) is 12.1. The van der Waals surface area contributed by atoms with E-state index in [1.54, 1.807) is 0 Å². The van der Waals surface area contributed by atoms with Gasteiger partial charge in [0.15, 0.2) is 0 Å². The van der Waals surface area contributed by atoms with Gasteiger partial charge in [0.1, 0.15) is 5.70 Å². The molecule has 0 aromatic heterocycles. The molecule has 1 N–H and O–H groups in total. The number of para-hydroxylation sites is 1. The lowest BCUT2D eigenvalue weighted by Gasteiger charge is -2.15. The average Bonchev–Trinajstić information content (AvgIpc) is 2.47. The Morgan fingerprint density at radius 2 is 1.95 bits per heavy atom. The number of carbonyl (C=O) groups is 2. The fourth-order valence-corrected chi connectivity index (χ4v) is 1.77. The van der Waals surface area contributed by atoms with Crippen LogP contribution in [-0.2, 0) is 25.5 Å². The summed E-state index contributed by atoms with van der Waals surface area (Å²) in [4.78, 5) is 23.0. The molecule has 0 fully saturated rings. The average molecular weight is 277 g/mol. The van der Waals surface area contributed by atoms with Crippen molar-refractivity contribution in [3.8, 4) is 0 Å². The number of hydrogen-bond donors (Lipinski definition) is 1. The van der Waals surface area contributed by atoms with Crippen molar-refractivity contribution >= 4 is 17.6 Å². The number of hydrogen-bond acceptors (Lipinski definition) is 5. The van der Waals surface area contributed by atoms with Crippen molar-refractivity contribution in [2.45, 2.75) is 20.3 Å². The van der Waals surface area contributed by atoms with Gasteiger partial charge in [0.25, 0.3) is 0 Å². The number of benzene rings is 1. The maximum Gasteiger partial charge on any atom is 0.354 e. The minimum absolute atomic E-state index is 0.0448. The van der Waals surface area contributed by atoms with E-state index < -0.39 is 11.9 Å². The summed E-state index contributed by atoms with van der Waals surface area (Å²) in [6, 6.07) is 5.83. The third-order valence-electron chi connectivity index (χ3n) is 2.87. The van der Waals surface area contributed by atoms with E-state index in [0.717, 1.165) is 29.3 Å². The highest BCUT2D eigenvalue weighted by atomic mass is 16.5. The molecular formula is C15H19NO4. The molecule has 1 aromatic rings. The molecule has 0 amide bonds. The van der Waals surface area contributed by atoms with Crippen LogP contribution in [-0.4, -0.2) is 26.2 Å². The highest BCUT2D eigenvalue weighted by molar-refractivity contribution is 5.99.